The van der Waals surface area contributed by atoms with Crippen LogP contribution in [0.15, 0.2) is 12.4 Å². The Morgan fingerprint density at radius 3 is 2.74 bits per heavy atom. The molecule has 6 nitrogen and oxygen atoms in total. The summed E-state index contributed by atoms with van der Waals surface area (Å²) in [5.41, 5.74) is 6.57. The molecule has 1 amide bonds. The van der Waals surface area contributed by atoms with Crippen LogP contribution in [0.4, 0.5) is 5.82 Å². The molecule has 0 unspecified atom stereocenters. The number of nitrogens with zero attached hydrogens (tertiary/aromatic N) is 3. The minimum atomic E-state index is 0.170. The van der Waals surface area contributed by atoms with E-state index in [2.05, 4.69) is 14.9 Å². The second-order valence-electron chi connectivity index (χ2n) is 6.65. The van der Waals surface area contributed by atoms with Crippen LogP contribution < -0.4 is 5.73 Å². The van der Waals surface area contributed by atoms with Crippen LogP contribution in [0.3, 0.4) is 0 Å². The van der Waals surface area contributed by atoms with Gasteiger partial charge in [-0.05, 0) is 44.4 Å². The van der Waals surface area contributed by atoms with Gasteiger partial charge >= 0.3 is 0 Å². The Morgan fingerprint density at radius 2 is 2.00 bits per heavy atom. The highest BCUT2D eigenvalue weighted by Gasteiger charge is 2.28. The third-order valence-corrected chi connectivity index (χ3v) is 4.95. The first-order valence-electron chi connectivity index (χ1n) is 8.65. The zero-order valence-electron chi connectivity index (χ0n) is 13.6. The largest absolute Gasteiger partial charge is 0.382 e. The number of anilines is 1. The van der Waals surface area contributed by atoms with Gasteiger partial charge in [-0.15, -0.1) is 0 Å². The maximum Gasteiger partial charge on any atom is 0.225 e. The lowest BCUT2D eigenvalue weighted by molar-refractivity contribution is -0.138. The molecule has 126 valence electrons. The SMILES string of the molecule is Nc1cnc(C[C@H]2CCCN(C(=O)C3CCOCC3)CC2)cn1. The molecule has 1 aromatic heterocycles. The van der Waals surface area contributed by atoms with E-state index in [0.717, 1.165) is 70.5 Å². The molecule has 0 saturated carbocycles. The van der Waals surface area contributed by atoms with E-state index in [1.165, 1.54) is 0 Å². The average molecular weight is 318 g/mol. The van der Waals surface area contributed by atoms with Crippen molar-refractivity contribution in [3.05, 3.63) is 18.1 Å². The van der Waals surface area contributed by atoms with E-state index in [4.69, 9.17) is 10.5 Å². The molecule has 2 aliphatic heterocycles. The van der Waals surface area contributed by atoms with Crippen molar-refractivity contribution in [2.45, 2.75) is 38.5 Å². The maximum absolute atomic E-state index is 12.6. The van der Waals surface area contributed by atoms with Gasteiger partial charge in [-0.25, -0.2) is 4.98 Å². The van der Waals surface area contributed by atoms with Crippen molar-refractivity contribution < 1.29 is 9.53 Å². The second kappa shape index (κ2) is 7.73. The van der Waals surface area contributed by atoms with Gasteiger partial charge in [0.25, 0.3) is 0 Å². The van der Waals surface area contributed by atoms with E-state index in [1.54, 1.807) is 12.4 Å². The summed E-state index contributed by atoms with van der Waals surface area (Å²) in [5, 5.41) is 0. The predicted molar refractivity (Wildman–Crippen MR) is 87.6 cm³/mol. The summed E-state index contributed by atoms with van der Waals surface area (Å²) in [7, 11) is 0. The average Bonchev–Trinajstić information content (AvgIpc) is 2.83. The first-order valence-corrected chi connectivity index (χ1v) is 8.65. The van der Waals surface area contributed by atoms with E-state index >= 15 is 0 Å². The molecule has 0 radical (unpaired) electrons. The number of ether oxygens (including phenoxy) is 1. The normalized spacial score (nSPS) is 23.5. The quantitative estimate of drug-likeness (QED) is 0.916. The number of aromatic nitrogens is 2. The molecule has 3 heterocycles. The first-order chi connectivity index (χ1) is 11.2. The van der Waals surface area contributed by atoms with Crippen molar-refractivity contribution in [3.63, 3.8) is 0 Å². The molecular weight excluding hydrogens is 292 g/mol. The minimum Gasteiger partial charge on any atom is -0.382 e. The topological polar surface area (TPSA) is 81.3 Å². The van der Waals surface area contributed by atoms with E-state index in [-0.39, 0.29) is 5.92 Å². The van der Waals surface area contributed by atoms with Crippen LogP contribution >= 0.6 is 0 Å². The zero-order chi connectivity index (χ0) is 16.1. The molecule has 1 atom stereocenters. The molecule has 1 aromatic rings. The molecule has 0 bridgehead atoms. The first kappa shape index (κ1) is 16.2. The summed E-state index contributed by atoms with van der Waals surface area (Å²) in [4.78, 5) is 23.2. The number of rotatable bonds is 3. The Bertz CT molecular complexity index is 514. The van der Waals surface area contributed by atoms with Gasteiger partial charge in [0, 0.05) is 32.2 Å². The number of nitrogen functional groups attached to an aromatic ring is 1. The van der Waals surface area contributed by atoms with Crippen LogP contribution in [0, 0.1) is 11.8 Å². The van der Waals surface area contributed by atoms with Crippen LogP contribution in [0.5, 0.6) is 0 Å². The lowest BCUT2D eigenvalue weighted by atomic mass is 9.95. The fourth-order valence-electron chi connectivity index (χ4n) is 3.56. The van der Waals surface area contributed by atoms with Crippen LogP contribution in [0.2, 0.25) is 0 Å². The van der Waals surface area contributed by atoms with Crippen molar-refractivity contribution in [2.75, 3.05) is 32.0 Å². The number of amides is 1. The molecule has 2 N–H and O–H groups in total. The summed E-state index contributed by atoms with van der Waals surface area (Å²) in [5.74, 6) is 1.53. The summed E-state index contributed by atoms with van der Waals surface area (Å²) in [6.45, 7) is 3.20. The lowest BCUT2D eigenvalue weighted by Crippen LogP contribution is -2.39. The Morgan fingerprint density at radius 1 is 1.17 bits per heavy atom. The van der Waals surface area contributed by atoms with Crippen LogP contribution in [0.25, 0.3) is 0 Å². The maximum atomic E-state index is 12.6. The Labute approximate surface area is 137 Å². The van der Waals surface area contributed by atoms with Gasteiger partial charge in [0.05, 0.1) is 18.1 Å². The lowest BCUT2D eigenvalue weighted by Gasteiger charge is -2.28. The highest BCUT2D eigenvalue weighted by atomic mass is 16.5. The molecule has 0 spiro atoms. The number of carbonyl (C=O) groups excluding carboxylic acids is 1. The van der Waals surface area contributed by atoms with Gasteiger partial charge in [-0.3, -0.25) is 9.78 Å². The molecule has 2 saturated heterocycles. The number of likely N-dealkylation sites (tertiary alicyclic amines) is 1. The predicted octanol–water partition coefficient (Wildman–Crippen LogP) is 1.66. The Hall–Kier alpha value is -1.69. The number of nitrogens with two attached hydrogens (primary N) is 1. The number of hydrogen-bond acceptors (Lipinski definition) is 5. The van der Waals surface area contributed by atoms with Gasteiger partial charge in [-0.2, -0.15) is 0 Å². The second-order valence-corrected chi connectivity index (χ2v) is 6.65. The Balaban J connectivity index is 1.52. The molecule has 0 aromatic carbocycles. The van der Waals surface area contributed by atoms with Crippen molar-refractivity contribution in [2.24, 2.45) is 11.8 Å². The third-order valence-electron chi connectivity index (χ3n) is 4.95. The molecular formula is C17H26N4O2. The van der Waals surface area contributed by atoms with Gasteiger partial charge in [0.1, 0.15) is 5.82 Å². The van der Waals surface area contributed by atoms with Crippen molar-refractivity contribution in [1.29, 1.82) is 0 Å². The zero-order valence-corrected chi connectivity index (χ0v) is 13.6. The van der Waals surface area contributed by atoms with Crippen molar-refractivity contribution in [1.82, 2.24) is 14.9 Å². The van der Waals surface area contributed by atoms with E-state index in [1.807, 2.05) is 0 Å². The number of hydrogen-bond donors (Lipinski definition) is 1. The summed E-state index contributed by atoms with van der Waals surface area (Å²) in [6.07, 6.45) is 9.32. The van der Waals surface area contributed by atoms with Gasteiger partial charge in [0.15, 0.2) is 0 Å². The van der Waals surface area contributed by atoms with Crippen LogP contribution in [0.1, 0.15) is 37.8 Å². The van der Waals surface area contributed by atoms with Gasteiger partial charge in [-0.1, -0.05) is 0 Å². The molecule has 3 rings (SSSR count). The molecule has 2 fully saturated rings. The summed E-state index contributed by atoms with van der Waals surface area (Å²) in [6, 6.07) is 0. The molecule has 0 aliphatic carbocycles. The summed E-state index contributed by atoms with van der Waals surface area (Å²) >= 11 is 0. The molecule has 2 aliphatic rings. The van der Waals surface area contributed by atoms with E-state index in [9.17, 15) is 4.79 Å². The monoisotopic (exact) mass is 318 g/mol. The highest BCUT2D eigenvalue weighted by molar-refractivity contribution is 5.79. The van der Waals surface area contributed by atoms with Gasteiger partial charge < -0.3 is 15.4 Å². The van der Waals surface area contributed by atoms with Crippen molar-refractivity contribution >= 4 is 11.7 Å². The smallest absolute Gasteiger partial charge is 0.225 e. The minimum absolute atomic E-state index is 0.170. The molecule has 6 heteroatoms. The van der Waals surface area contributed by atoms with E-state index < -0.39 is 0 Å². The molecule has 23 heavy (non-hydrogen) atoms. The standard InChI is InChI=1S/C17H26N4O2/c18-16-12-19-15(11-20-16)10-13-2-1-6-21(7-3-13)17(22)14-4-8-23-9-5-14/h11-14H,1-10H2,(H2,18,20)/t13-/m0/s1. The fraction of sp³-hybridized carbons (Fsp3) is 0.706. The van der Waals surface area contributed by atoms with Crippen LogP contribution in [-0.4, -0.2) is 47.1 Å². The van der Waals surface area contributed by atoms with Crippen LogP contribution in [-0.2, 0) is 16.0 Å². The van der Waals surface area contributed by atoms with Crippen molar-refractivity contribution in [3.8, 4) is 0 Å². The Kier molecular flexibility index (Phi) is 5.43. The number of carbonyl (C=O) groups is 1. The fourth-order valence-corrected chi connectivity index (χ4v) is 3.56. The third kappa shape index (κ3) is 4.41. The van der Waals surface area contributed by atoms with Gasteiger partial charge in [0.2, 0.25) is 5.91 Å². The highest BCUT2D eigenvalue weighted by Crippen LogP contribution is 2.24. The van der Waals surface area contributed by atoms with E-state index in [0.29, 0.717) is 17.6 Å². The summed E-state index contributed by atoms with van der Waals surface area (Å²) < 4.78 is 5.36.